The van der Waals surface area contributed by atoms with Gasteiger partial charge in [-0.3, -0.25) is 9.36 Å². The first-order valence-electron chi connectivity index (χ1n) is 10.7. The van der Waals surface area contributed by atoms with Crippen LogP contribution in [-0.4, -0.2) is 22.1 Å². The first kappa shape index (κ1) is 21.4. The molecule has 0 amide bonds. The highest BCUT2D eigenvalue weighted by atomic mass is 35.5. The number of hydrogen-bond acceptors (Lipinski definition) is 5. The SMILES string of the molecule is CCC1CC(C(=O)OCc2ccccc2)n2c1c(Cl)nc(NCC1=CCCC=C1)c2=O. The standard InChI is InChI=1S/C24H26ClN3O3/c1-2-18-13-19(24(30)31-15-17-11-7-4-8-12-17)28-20(18)21(25)27-22(23(28)29)26-14-16-9-5-3-6-10-16/h4-5,7-12,18-19H,2-3,6,13-15H2,1H3,(H,26,27). The Kier molecular flexibility index (Phi) is 6.56. The van der Waals surface area contributed by atoms with Gasteiger partial charge in [0.05, 0.1) is 5.69 Å². The van der Waals surface area contributed by atoms with E-state index in [1.807, 2.05) is 43.3 Å². The molecule has 6 nitrogen and oxygen atoms in total. The summed E-state index contributed by atoms with van der Waals surface area (Å²) < 4.78 is 7.04. The summed E-state index contributed by atoms with van der Waals surface area (Å²) in [5, 5.41) is 3.37. The normalized spacial score (nSPS) is 19.6. The Morgan fingerprint density at radius 3 is 2.81 bits per heavy atom. The maximum atomic E-state index is 13.3. The summed E-state index contributed by atoms with van der Waals surface area (Å²) in [6.45, 7) is 2.66. The van der Waals surface area contributed by atoms with E-state index < -0.39 is 12.0 Å². The second-order valence-electron chi connectivity index (χ2n) is 7.87. The third-order valence-electron chi connectivity index (χ3n) is 5.83. The lowest BCUT2D eigenvalue weighted by Gasteiger charge is -2.16. The summed E-state index contributed by atoms with van der Waals surface area (Å²) in [5.41, 5.74) is 2.28. The number of anilines is 1. The van der Waals surface area contributed by atoms with E-state index >= 15 is 0 Å². The molecule has 2 atom stereocenters. The third kappa shape index (κ3) is 4.59. The van der Waals surface area contributed by atoms with Crippen molar-refractivity contribution in [1.82, 2.24) is 9.55 Å². The van der Waals surface area contributed by atoms with Crippen LogP contribution in [0.15, 0.2) is 58.9 Å². The van der Waals surface area contributed by atoms with E-state index in [4.69, 9.17) is 16.3 Å². The van der Waals surface area contributed by atoms with E-state index in [-0.39, 0.29) is 29.1 Å². The minimum atomic E-state index is -0.703. The molecule has 2 aromatic rings. The van der Waals surface area contributed by atoms with Gasteiger partial charge in [0, 0.05) is 12.5 Å². The van der Waals surface area contributed by atoms with Gasteiger partial charge in [0.2, 0.25) is 0 Å². The first-order chi connectivity index (χ1) is 15.1. The number of hydrogen-bond donors (Lipinski definition) is 1. The maximum absolute atomic E-state index is 13.3. The number of allylic oxidation sites excluding steroid dienone is 2. The summed E-state index contributed by atoms with van der Waals surface area (Å²) in [5.74, 6) is -0.277. The topological polar surface area (TPSA) is 73.2 Å². The van der Waals surface area contributed by atoms with Gasteiger partial charge in [-0.05, 0) is 36.8 Å². The third-order valence-corrected chi connectivity index (χ3v) is 6.11. The van der Waals surface area contributed by atoms with Gasteiger partial charge in [-0.15, -0.1) is 0 Å². The molecule has 1 aromatic carbocycles. The van der Waals surface area contributed by atoms with Gasteiger partial charge in [0.25, 0.3) is 5.56 Å². The number of carbonyl (C=O) groups excluding carboxylic acids is 1. The van der Waals surface area contributed by atoms with Gasteiger partial charge < -0.3 is 10.1 Å². The summed E-state index contributed by atoms with van der Waals surface area (Å²) >= 11 is 6.49. The maximum Gasteiger partial charge on any atom is 0.329 e. The van der Waals surface area contributed by atoms with E-state index in [9.17, 15) is 9.59 Å². The number of nitrogens with zero attached hydrogens (tertiary/aromatic N) is 2. The van der Waals surface area contributed by atoms with E-state index in [0.717, 1.165) is 30.4 Å². The highest BCUT2D eigenvalue weighted by molar-refractivity contribution is 6.30. The number of ether oxygens (including phenoxy) is 1. The molecule has 0 saturated heterocycles. The van der Waals surface area contributed by atoms with Gasteiger partial charge in [-0.2, -0.15) is 0 Å². The van der Waals surface area contributed by atoms with Crippen molar-refractivity contribution in [2.45, 2.75) is 51.2 Å². The number of carbonyl (C=O) groups is 1. The van der Waals surface area contributed by atoms with Crippen molar-refractivity contribution in [3.8, 4) is 0 Å². The van der Waals surface area contributed by atoms with Crippen LogP contribution in [0.1, 0.15) is 55.8 Å². The molecular weight excluding hydrogens is 414 g/mol. The number of esters is 1. The van der Waals surface area contributed by atoms with Crippen molar-refractivity contribution in [1.29, 1.82) is 0 Å². The number of fused-ring (bicyclic) bond motifs is 1. The van der Waals surface area contributed by atoms with Crippen molar-refractivity contribution in [3.63, 3.8) is 0 Å². The highest BCUT2D eigenvalue weighted by Gasteiger charge is 2.39. The zero-order valence-electron chi connectivity index (χ0n) is 17.5. The summed E-state index contributed by atoms with van der Waals surface area (Å²) in [4.78, 5) is 30.5. The van der Waals surface area contributed by atoms with E-state index in [0.29, 0.717) is 18.7 Å². The van der Waals surface area contributed by atoms with Crippen LogP contribution in [0, 0.1) is 0 Å². The van der Waals surface area contributed by atoms with Crippen molar-refractivity contribution < 1.29 is 9.53 Å². The molecule has 0 saturated carbocycles. The van der Waals surface area contributed by atoms with Crippen LogP contribution in [0.5, 0.6) is 0 Å². The molecule has 1 aliphatic carbocycles. The smallest absolute Gasteiger partial charge is 0.329 e. The molecule has 7 heteroatoms. The molecular formula is C24H26ClN3O3. The number of rotatable bonds is 7. The Labute approximate surface area is 186 Å². The lowest BCUT2D eigenvalue weighted by Crippen LogP contribution is -2.32. The highest BCUT2D eigenvalue weighted by Crippen LogP contribution is 2.40. The molecule has 2 aliphatic rings. The van der Waals surface area contributed by atoms with Gasteiger partial charge in [-0.1, -0.05) is 67.1 Å². The number of aromatic nitrogens is 2. The molecule has 1 N–H and O–H groups in total. The van der Waals surface area contributed by atoms with E-state index in [2.05, 4.69) is 22.5 Å². The van der Waals surface area contributed by atoms with E-state index in [1.165, 1.54) is 4.57 Å². The lowest BCUT2D eigenvalue weighted by molar-refractivity contribution is -0.149. The summed E-state index contributed by atoms with van der Waals surface area (Å²) in [7, 11) is 0. The monoisotopic (exact) mass is 439 g/mol. The number of benzene rings is 1. The quantitative estimate of drug-likeness (QED) is 0.629. The molecule has 2 heterocycles. The van der Waals surface area contributed by atoms with Crippen LogP contribution >= 0.6 is 11.6 Å². The molecule has 0 radical (unpaired) electrons. The Balaban J connectivity index is 1.58. The average molecular weight is 440 g/mol. The van der Waals surface area contributed by atoms with Crippen LogP contribution in [0.3, 0.4) is 0 Å². The molecule has 0 spiro atoms. The average Bonchev–Trinajstić information content (AvgIpc) is 3.21. The Morgan fingerprint density at radius 1 is 1.29 bits per heavy atom. The minimum absolute atomic E-state index is 0.0139. The summed E-state index contributed by atoms with van der Waals surface area (Å²) in [6.07, 6.45) is 9.54. The predicted octanol–water partition coefficient (Wildman–Crippen LogP) is 4.77. The van der Waals surface area contributed by atoms with Gasteiger partial charge >= 0.3 is 5.97 Å². The summed E-state index contributed by atoms with van der Waals surface area (Å²) in [6, 6.07) is 8.79. The van der Waals surface area contributed by atoms with Crippen LogP contribution in [0.2, 0.25) is 5.15 Å². The van der Waals surface area contributed by atoms with E-state index in [1.54, 1.807) is 0 Å². The fourth-order valence-electron chi connectivity index (χ4n) is 4.17. The fourth-order valence-corrected chi connectivity index (χ4v) is 4.50. The van der Waals surface area contributed by atoms with Crippen LogP contribution < -0.4 is 10.9 Å². The molecule has 4 rings (SSSR count). The fraction of sp³-hybridized carbons (Fsp3) is 0.375. The lowest BCUT2D eigenvalue weighted by atomic mass is 9.99. The number of nitrogens with one attached hydrogen (secondary N) is 1. The van der Waals surface area contributed by atoms with Crippen molar-refractivity contribution in [3.05, 3.63) is 80.9 Å². The van der Waals surface area contributed by atoms with Crippen molar-refractivity contribution >= 4 is 23.4 Å². The molecule has 0 bridgehead atoms. The van der Waals surface area contributed by atoms with Gasteiger partial charge in [-0.25, -0.2) is 9.78 Å². The van der Waals surface area contributed by atoms with Crippen LogP contribution in [-0.2, 0) is 16.1 Å². The zero-order chi connectivity index (χ0) is 21.8. The molecule has 162 valence electrons. The predicted molar refractivity (Wildman–Crippen MR) is 121 cm³/mol. The Bertz CT molecular complexity index is 1080. The zero-order valence-corrected chi connectivity index (χ0v) is 18.3. The first-order valence-corrected chi connectivity index (χ1v) is 11.1. The second kappa shape index (κ2) is 9.52. The molecule has 2 unspecified atom stereocenters. The minimum Gasteiger partial charge on any atom is -0.459 e. The van der Waals surface area contributed by atoms with Gasteiger partial charge in [0.15, 0.2) is 11.0 Å². The van der Waals surface area contributed by atoms with Crippen LogP contribution in [0.4, 0.5) is 5.82 Å². The molecule has 31 heavy (non-hydrogen) atoms. The molecule has 1 aromatic heterocycles. The van der Waals surface area contributed by atoms with Crippen molar-refractivity contribution in [2.75, 3.05) is 11.9 Å². The second-order valence-corrected chi connectivity index (χ2v) is 8.23. The van der Waals surface area contributed by atoms with Crippen LogP contribution in [0.25, 0.3) is 0 Å². The van der Waals surface area contributed by atoms with Crippen molar-refractivity contribution in [2.24, 2.45) is 0 Å². The molecule has 0 fully saturated rings. The Morgan fingerprint density at radius 2 is 2.10 bits per heavy atom. The largest absolute Gasteiger partial charge is 0.459 e. The van der Waals surface area contributed by atoms with Gasteiger partial charge in [0.1, 0.15) is 12.6 Å². The molecule has 1 aliphatic heterocycles. The number of halogens is 1. The Hall–Kier alpha value is -2.86.